The van der Waals surface area contributed by atoms with Crippen LogP contribution in [0.5, 0.6) is 11.5 Å². The largest absolute Gasteiger partial charge is 0.497 e. The molecule has 0 aromatic heterocycles. The predicted molar refractivity (Wildman–Crippen MR) is 114 cm³/mol. The number of fused-ring (bicyclic) bond motifs is 1. The van der Waals surface area contributed by atoms with E-state index in [-0.39, 0.29) is 17.9 Å². The maximum Gasteiger partial charge on any atom is 0.234 e. The lowest BCUT2D eigenvalue weighted by Crippen LogP contribution is -2.44. The molecule has 3 aliphatic rings. The molecule has 3 aliphatic heterocycles. The SMILES string of the molecule is COc1cccc(N2C[C@@]34C=C[C@@H](O3)C(C(=O)NCc3ccccc3OC)C4C2=O)c1. The number of anilines is 1. The Balaban J connectivity index is 1.37. The molecule has 7 heteroatoms. The van der Waals surface area contributed by atoms with Crippen LogP contribution in [-0.2, 0) is 20.9 Å². The molecule has 2 unspecified atom stereocenters. The molecule has 0 radical (unpaired) electrons. The standard InChI is InChI=1S/C24H24N2O5/c1-29-17-8-5-7-16(12-17)26-14-24-11-10-19(31-24)20(21(24)23(26)28)22(27)25-13-15-6-3-4-9-18(15)30-2/h3-12,19-21H,13-14H2,1-2H3,(H,25,27)/t19-,20?,21?,24-/m1/s1. The van der Waals surface area contributed by atoms with E-state index in [1.807, 2.05) is 60.7 Å². The minimum atomic E-state index is -0.767. The lowest BCUT2D eigenvalue weighted by atomic mass is 9.77. The number of ether oxygens (including phenoxy) is 3. The number of nitrogens with zero attached hydrogens (tertiary/aromatic N) is 1. The Kier molecular flexibility index (Phi) is 4.70. The number of rotatable bonds is 6. The van der Waals surface area contributed by atoms with Crippen molar-refractivity contribution in [1.29, 1.82) is 0 Å². The zero-order chi connectivity index (χ0) is 21.6. The minimum absolute atomic E-state index is 0.0995. The fraction of sp³-hybridized carbons (Fsp3) is 0.333. The first-order valence-corrected chi connectivity index (χ1v) is 10.3. The molecule has 2 aromatic rings. The van der Waals surface area contributed by atoms with Crippen LogP contribution < -0.4 is 19.7 Å². The van der Waals surface area contributed by atoms with E-state index in [1.165, 1.54) is 0 Å². The first-order chi connectivity index (χ1) is 15.1. The van der Waals surface area contributed by atoms with E-state index in [2.05, 4.69) is 5.32 Å². The van der Waals surface area contributed by atoms with Gasteiger partial charge in [0.1, 0.15) is 17.1 Å². The molecule has 1 N–H and O–H groups in total. The highest BCUT2D eigenvalue weighted by atomic mass is 16.5. The number of hydrogen-bond donors (Lipinski definition) is 1. The third kappa shape index (κ3) is 3.08. The van der Waals surface area contributed by atoms with Gasteiger partial charge in [-0.2, -0.15) is 0 Å². The van der Waals surface area contributed by atoms with Crippen molar-refractivity contribution in [1.82, 2.24) is 5.32 Å². The smallest absolute Gasteiger partial charge is 0.234 e. The Morgan fingerprint density at radius 2 is 2.03 bits per heavy atom. The first kappa shape index (κ1) is 19.6. The van der Waals surface area contributed by atoms with Crippen molar-refractivity contribution in [3.63, 3.8) is 0 Å². The van der Waals surface area contributed by atoms with Gasteiger partial charge in [0.25, 0.3) is 0 Å². The number of hydrogen-bond acceptors (Lipinski definition) is 5. The molecule has 7 nitrogen and oxygen atoms in total. The normalized spacial score (nSPS) is 28.0. The second-order valence-electron chi connectivity index (χ2n) is 8.06. The molecular formula is C24H24N2O5. The van der Waals surface area contributed by atoms with Crippen molar-refractivity contribution in [3.05, 3.63) is 66.2 Å². The molecule has 0 aliphatic carbocycles. The summed E-state index contributed by atoms with van der Waals surface area (Å²) in [6.45, 7) is 0.705. The van der Waals surface area contributed by atoms with Gasteiger partial charge in [0.15, 0.2) is 0 Å². The van der Waals surface area contributed by atoms with Gasteiger partial charge < -0.3 is 24.4 Å². The summed E-state index contributed by atoms with van der Waals surface area (Å²) in [6, 6.07) is 14.9. The van der Waals surface area contributed by atoms with Crippen molar-refractivity contribution in [2.24, 2.45) is 11.8 Å². The van der Waals surface area contributed by atoms with Crippen LogP contribution in [0, 0.1) is 11.8 Å². The zero-order valence-corrected chi connectivity index (χ0v) is 17.4. The van der Waals surface area contributed by atoms with Crippen molar-refractivity contribution >= 4 is 17.5 Å². The van der Waals surface area contributed by atoms with Gasteiger partial charge in [-0.1, -0.05) is 36.4 Å². The van der Waals surface area contributed by atoms with E-state index < -0.39 is 17.4 Å². The minimum Gasteiger partial charge on any atom is -0.497 e. The van der Waals surface area contributed by atoms with Gasteiger partial charge in [-0.25, -0.2) is 0 Å². The lowest BCUT2D eigenvalue weighted by molar-refractivity contribution is -0.132. The Bertz CT molecular complexity index is 1070. The molecule has 1 spiro atoms. The van der Waals surface area contributed by atoms with Gasteiger partial charge in [0.05, 0.1) is 38.7 Å². The number of nitrogens with one attached hydrogen (secondary N) is 1. The highest BCUT2D eigenvalue weighted by Crippen LogP contribution is 2.52. The van der Waals surface area contributed by atoms with Crippen LogP contribution in [0.15, 0.2) is 60.7 Å². The molecule has 2 bridgehead atoms. The lowest BCUT2D eigenvalue weighted by Gasteiger charge is -2.23. The Hall–Kier alpha value is -3.32. The molecular weight excluding hydrogens is 396 g/mol. The average Bonchev–Trinajstić information content (AvgIpc) is 3.46. The van der Waals surface area contributed by atoms with Gasteiger partial charge in [-0.05, 0) is 18.2 Å². The van der Waals surface area contributed by atoms with Crippen molar-refractivity contribution in [3.8, 4) is 11.5 Å². The van der Waals surface area contributed by atoms with Gasteiger partial charge in [-0.15, -0.1) is 0 Å². The highest BCUT2D eigenvalue weighted by molar-refractivity contribution is 6.03. The Morgan fingerprint density at radius 3 is 2.84 bits per heavy atom. The maximum atomic E-state index is 13.4. The van der Waals surface area contributed by atoms with Crippen LogP contribution in [0.2, 0.25) is 0 Å². The summed E-state index contributed by atoms with van der Waals surface area (Å²) in [5.41, 5.74) is 0.849. The van der Waals surface area contributed by atoms with E-state index in [4.69, 9.17) is 14.2 Å². The van der Waals surface area contributed by atoms with Crippen LogP contribution >= 0.6 is 0 Å². The molecule has 2 saturated heterocycles. The van der Waals surface area contributed by atoms with E-state index in [0.29, 0.717) is 24.6 Å². The first-order valence-electron chi connectivity index (χ1n) is 10.3. The molecule has 160 valence electrons. The summed E-state index contributed by atoms with van der Waals surface area (Å²) >= 11 is 0. The van der Waals surface area contributed by atoms with Crippen LogP contribution in [0.3, 0.4) is 0 Å². The summed E-state index contributed by atoms with van der Waals surface area (Å²) < 4.78 is 16.9. The molecule has 5 rings (SSSR count). The second kappa shape index (κ2) is 7.42. The van der Waals surface area contributed by atoms with Gasteiger partial charge in [0, 0.05) is 23.9 Å². The molecule has 2 aromatic carbocycles. The molecule has 0 saturated carbocycles. The monoisotopic (exact) mass is 420 g/mol. The zero-order valence-electron chi connectivity index (χ0n) is 17.4. The number of carbonyl (C=O) groups is 2. The summed E-state index contributed by atoms with van der Waals surface area (Å²) in [5.74, 6) is -0.0177. The third-order valence-corrected chi connectivity index (χ3v) is 6.41. The van der Waals surface area contributed by atoms with Gasteiger partial charge in [-0.3, -0.25) is 9.59 Å². The summed E-state index contributed by atoms with van der Waals surface area (Å²) in [5, 5.41) is 2.98. The van der Waals surface area contributed by atoms with Gasteiger partial charge in [0.2, 0.25) is 11.8 Å². The molecule has 2 fully saturated rings. The molecule has 3 heterocycles. The van der Waals surface area contributed by atoms with Crippen LogP contribution in [-0.4, -0.2) is 44.3 Å². The maximum absolute atomic E-state index is 13.4. The topological polar surface area (TPSA) is 77.1 Å². The van der Waals surface area contributed by atoms with E-state index in [1.54, 1.807) is 19.1 Å². The number of carbonyl (C=O) groups excluding carboxylic acids is 2. The quantitative estimate of drug-likeness (QED) is 0.726. The number of amides is 2. The Labute approximate surface area is 180 Å². The summed E-state index contributed by atoms with van der Waals surface area (Å²) in [7, 11) is 3.19. The number of para-hydroxylation sites is 1. The van der Waals surface area contributed by atoms with Crippen LogP contribution in [0.25, 0.3) is 0 Å². The van der Waals surface area contributed by atoms with Crippen LogP contribution in [0.4, 0.5) is 5.69 Å². The average molecular weight is 420 g/mol. The highest BCUT2D eigenvalue weighted by Gasteiger charge is 2.67. The van der Waals surface area contributed by atoms with Gasteiger partial charge >= 0.3 is 0 Å². The fourth-order valence-corrected chi connectivity index (χ4v) is 4.94. The fourth-order valence-electron chi connectivity index (χ4n) is 4.94. The van der Waals surface area contributed by atoms with Crippen LogP contribution in [0.1, 0.15) is 5.56 Å². The Morgan fingerprint density at radius 1 is 1.19 bits per heavy atom. The molecule has 2 amide bonds. The predicted octanol–water partition coefficient (Wildman–Crippen LogP) is 2.31. The van der Waals surface area contributed by atoms with E-state index in [0.717, 1.165) is 11.3 Å². The molecule has 31 heavy (non-hydrogen) atoms. The van der Waals surface area contributed by atoms with E-state index in [9.17, 15) is 9.59 Å². The summed E-state index contributed by atoms with van der Waals surface area (Å²) in [6.07, 6.45) is 3.47. The van der Waals surface area contributed by atoms with Crippen molar-refractivity contribution in [2.75, 3.05) is 25.7 Å². The number of benzene rings is 2. The molecule has 4 atom stereocenters. The second-order valence-corrected chi connectivity index (χ2v) is 8.06. The van der Waals surface area contributed by atoms with Crippen molar-refractivity contribution in [2.45, 2.75) is 18.2 Å². The summed E-state index contributed by atoms with van der Waals surface area (Å²) in [4.78, 5) is 28.3. The number of methoxy groups -OCH3 is 2. The van der Waals surface area contributed by atoms with E-state index >= 15 is 0 Å². The third-order valence-electron chi connectivity index (χ3n) is 6.41. The van der Waals surface area contributed by atoms with Crippen molar-refractivity contribution < 1.29 is 23.8 Å².